The third-order valence-corrected chi connectivity index (χ3v) is 4.39. The van der Waals surface area contributed by atoms with E-state index in [0.29, 0.717) is 5.52 Å². The standard InChI is InChI=1S/C19H20N4O4/c1-12-8-14(9-15-17(12)21-22-20-15)10-16(18(24)27-2)23(19(25)26)11-13-6-4-3-5-7-13/h3-9,16H,10-11H2,1-2H3,(H,25,26)(H,20,21,22)/t16-/m1/s1. The molecule has 1 amide bonds. The summed E-state index contributed by atoms with van der Waals surface area (Å²) in [5, 5.41) is 20.4. The van der Waals surface area contributed by atoms with E-state index in [-0.39, 0.29) is 13.0 Å². The molecular formula is C19H20N4O4. The molecule has 27 heavy (non-hydrogen) atoms. The zero-order chi connectivity index (χ0) is 19.4. The van der Waals surface area contributed by atoms with E-state index in [1.54, 1.807) is 6.07 Å². The lowest BCUT2D eigenvalue weighted by Crippen LogP contribution is -2.45. The van der Waals surface area contributed by atoms with Crippen molar-refractivity contribution in [2.75, 3.05) is 7.11 Å². The molecule has 1 heterocycles. The lowest BCUT2D eigenvalue weighted by atomic mass is 10.0. The zero-order valence-corrected chi connectivity index (χ0v) is 15.0. The topological polar surface area (TPSA) is 108 Å². The average Bonchev–Trinajstić information content (AvgIpc) is 3.14. The largest absolute Gasteiger partial charge is 0.467 e. The third kappa shape index (κ3) is 4.05. The van der Waals surface area contributed by atoms with Gasteiger partial charge in [-0.3, -0.25) is 4.90 Å². The second-order valence-corrected chi connectivity index (χ2v) is 6.24. The SMILES string of the molecule is COC(=O)[C@@H](Cc1cc(C)c2n[nH]nc2c1)N(Cc1ccccc1)C(=O)O. The zero-order valence-electron chi connectivity index (χ0n) is 15.0. The molecule has 0 saturated heterocycles. The van der Waals surface area contributed by atoms with Crippen LogP contribution in [0.1, 0.15) is 16.7 Å². The minimum Gasteiger partial charge on any atom is -0.467 e. The van der Waals surface area contributed by atoms with Crippen molar-refractivity contribution >= 4 is 23.1 Å². The number of carboxylic acid groups (broad SMARTS) is 1. The molecule has 1 aromatic heterocycles. The van der Waals surface area contributed by atoms with Gasteiger partial charge >= 0.3 is 12.1 Å². The molecule has 0 bridgehead atoms. The number of methoxy groups -OCH3 is 1. The second kappa shape index (κ2) is 7.86. The smallest absolute Gasteiger partial charge is 0.408 e. The van der Waals surface area contributed by atoms with Crippen molar-refractivity contribution in [3.63, 3.8) is 0 Å². The minimum absolute atomic E-state index is 0.0845. The van der Waals surface area contributed by atoms with Crippen LogP contribution in [0.5, 0.6) is 0 Å². The first-order chi connectivity index (χ1) is 13.0. The van der Waals surface area contributed by atoms with E-state index in [1.165, 1.54) is 7.11 Å². The van der Waals surface area contributed by atoms with Gasteiger partial charge in [0, 0.05) is 13.0 Å². The van der Waals surface area contributed by atoms with E-state index in [0.717, 1.165) is 27.1 Å². The number of nitrogens with zero attached hydrogens (tertiary/aromatic N) is 3. The van der Waals surface area contributed by atoms with Crippen LogP contribution >= 0.6 is 0 Å². The number of ether oxygens (including phenoxy) is 1. The molecule has 3 rings (SSSR count). The summed E-state index contributed by atoms with van der Waals surface area (Å²) in [5.41, 5.74) is 3.87. The Morgan fingerprint density at radius 3 is 2.59 bits per heavy atom. The molecule has 2 N–H and O–H groups in total. The van der Waals surface area contributed by atoms with Gasteiger partial charge in [0.25, 0.3) is 0 Å². The summed E-state index contributed by atoms with van der Waals surface area (Å²) in [5.74, 6) is -0.605. The number of benzene rings is 2. The van der Waals surface area contributed by atoms with Gasteiger partial charge in [0.15, 0.2) is 0 Å². The summed E-state index contributed by atoms with van der Waals surface area (Å²) in [6, 6.07) is 11.8. The molecule has 2 aromatic carbocycles. The number of H-pyrrole nitrogens is 1. The number of nitrogens with one attached hydrogen (secondary N) is 1. The molecule has 1 atom stereocenters. The maximum atomic E-state index is 12.4. The summed E-state index contributed by atoms with van der Waals surface area (Å²) in [4.78, 5) is 25.4. The van der Waals surface area contributed by atoms with Gasteiger partial charge in [-0.15, -0.1) is 0 Å². The van der Waals surface area contributed by atoms with Crippen molar-refractivity contribution in [3.8, 4) is 0 Å². The Labute approximate surface area is 155 Å². The molecule has 0 saturated carbocycles. The maximum absolute atomic E-state index is 12.4. The Morgan fingerprint density at radius 2 is 1.93 bits per heavy atom. The van der Waals surface area contributed by atoms with Gasteiger partial charge < -0.3 is 9.84 Å². The number of carbonyl (C=O) groups is 2. The normalized spacial score (nSPS) is 11.9. The van der Waals surface area contributed by atoms with E-state index in [4.69, 9.17) is 4.74 Å². The van der Waals surface area contributed by atoms with Gasteiger partial charge in [-0.25, -0.2) is 9.59 Å². The number of aromatic nitrogens is 3. The number of rotatable bonds is 6. The summed E-state index contributed by atoms with van der Waals surface area (Å²) < 4.78 is 4.88. The second-order valence-electron chi connectivity index (χ2n) is 6.24. The fraction of sp³-hybridized carbons (Fsp3) is 0.263. The van der Waals surface area contributed by atoms with Gasteiger partial charge in [-0.1, -0.05) is 36.4 Å². The summed E-state index contributed by atoms with van der Waals surface area (Å²) in [6.45, 7) is 1.97. The molecule has 0 aliphatic heterocycles. The lowest BCUT2D eigenvalue weighted by Gasteiger charge is -2.27. The van der Waals surface area contributed by atoms with E-state index < -0.39 is 18.1 Å². The quantitative estimate of drug-likeness (QED) is 0.647. The van der Waals surface area contributed by atoms with Crippen LogP contribution < -0.4 is 0 Å². The molecule has 0 aliphatic carbocycles. The highest BCUT2D eigenvalue weighted by Crippen LogP contribution is 2.20. The highest BCUT2D eigenvalue weighted by atomic mass is 16.5. The third-order valence-electron chi connectivity index (χ3n) is 4.39. The maximum Gasteiger partial charge on any atom is 0.408 e. The Bertz CT molecular complexity index is 955. The number of hydrogen-bond donors (Lipinski definition) is 2. The number of fused-ring (bicyclic) bond motifs is 1. The summed E-state index contributed by atoms with van der Waals surface area (Å²) >= 11 is 0. The van der Waals surface area contributed by atoms with Crippen molar-refractivity contribution in [1.29, 1.82) is 0 Å². The number of amides is 1. The summed E-state index contributed by atoms with van der Waals surface area (Å²) in [7, 11) is 1.25. The fourth-order valence-corrected chi connectivity index (χ4v) is 3.08. The molecule has 3 aromatic rings. The van der Waals surface area contributed by atoms with Gasteiger partial charge in [0.2, 0.25) is 0 Å². The van der Waals surface area contributed by atoms with Gasteiger partial charge in [-0.2, -0.15) is 15.4 Å². The van der Waals surface area contributed by atoms with Crippen LogP contribution in [0.15, 0.2) is 42.5 Å². The van der Waals surface area contributed by atoms with Crippen LogP contribution in [0.2, 0.25) is 0 Å². The van der Waals surface area contributed by atoms with Crippen molar-refractivity contribution in [2.24, 2.45) is 0 Å². The number of aryl methyl sites for hydroxylation is 1. The van der Waals surface area contributed by atoms with Crippen LogP contribution in [-0.2, 0) is 22.5 Å². The highest BCUT2D eigenvalue weighted by molar-refractivity contribution is 5.82. The van der Waals surface area contributed by atoms with Crippen LogP contribution in [0, 0.1) is 6.92 Å². The van der Waals surface area contributed by atoms with Gasteiger partial charge in [-0.05, 0) is 29.7 Å². The number of carbonyl (C=O) groups excluding carboxylic acids is 1. The first-order valence-corrected chi connectivity index (χ1v) is 8.41. The van der Waals surface area contributed by atoms with Crippen molar-refractivity contribution < 1.29 is 19.4 Å². The van der Waals surface area contributed by atoms with Gasteiger partial charge in [0.05, 0.1) is 7.11 Å². The highest BCUT2D eigenvalue weighted by Gasteiger charge is 2.31. The Kier molecular flexibility index (Phi) is 5.35. The average molecular weight is 368 g/mol. The van der Waals surface area contributed by atoms with Crippen LogP contribution in [-0.4, -0.2) is 50.6 Å². The molecule has 8 heteroatoms. The predicted octanol–water partition coefficient (Wildman–Crippen LogP) is 2.53. The number of aromatic amines is 1. The Hall–Kier alpha value is -3.42. The van der Waals surface area contributed by atoms with Crippen molar-refractivity contribution in [3.05, 3.63) is 59.2 Å². The van der Waals surface area contributed by atoms with E-state index in [2.05, 4.69) is 15.4 Å². The molecule has 0 radical (unpaired) electrons. The van der Waals surface area contributed by atoms with E-state index in [1.807, 2.05) is 43.3 Å². The summed E-state index contributed by atoms with van der Waals surface area (Å²) in [6.07, 6.45) is -1.01. The van der Waals surface area contributed by atoms with E-state index >= 15 is 0 Å². The molecule has 0 spiro atoms. The Morgan fingerprint density at radius 1 is 1.19 bits per heavy atom. The fourth-order valence-electron chi connectivity index (χ4n) is 3.08. The first kappa shape index (κ1) is 18.4. The van der Waals surface area contributed by atoms with Crippen LogP contribution in [0.4, 0.5) is 4.79 Å². The van der Waals surface area contributed by atoms with Crippen LogP contribution in [0.3, 0.4) is 0 Å². The monoisotopic (exact) mass is 368 g/mol. The Balaban J connectivity index is 1.93. The lowest BCUT2D eigenvalue weighted by molar-refractivity contribution is -0.146. The number of esters is 1. The van der Waals surface area contributed by atoms with Crippen LogP contribution in [0.25, 0.3) is 11.0 Å². The first-order valence-electron chi connectivity index (χ1n) is 8.41. The molecule has 0 aliphatic rings. The molecular weight excluding hydrogens is 348 g/mol. The molecule has 0 unspecified atom stereocenters. The molecule has 0 fully saturated rings. The van der Waals surface area contributed by atoms with Crippen molar-refractivity contribution in [2.45, 2.75) is 25.9 Å². The van der Waals surface area contributed by atoms with Gasteiger partial charge in [0.1, 0.15) is 17.1 Å². The molecule has 140 valence electrons. The van der Waals surface area contributed by atoms with Crippen molar-refractivity contribution in [1.82, 2.24) is 20.3 Å². The van der Waals surface area contributed by atoms with E-state index in [9.17, 15) is 14.7 Å². The number of hydrogen-bond acceptors (Lipinski definition) is 5. The minimum atomic E-state index is -1.19. The molecule has 8 nitrogen and oxygen atoms in total. The predicted molar refractivity (Wildman–Crippen MR) is 98.1 cm³/mol.